The number of carbonyl (C=O) groups excluding carboxylic acids is 1. The maximum absolute atomic E-state index is 10.8. The lowest BCUT2D eigenvalue weighted by molar-refractivity contribution is -0.109. The van der Waals surface area contributed by atoms with Gasteiger partial charge in [0, 0.05) is 6.42 Å². The van der Waals surface area contributed by atoms with Crippen LogP contribution in [0.5, 0.6) is 0 Å². The topological polar surface area (TPSA) is 17.1 Å². The number of benzene rings is 1. The lowest BCUT2D eigenvalue weighted by Gasteiger charge is -2.40. The van der Waals surface area contributed by atoms with Crippen LogP contribution in [-0.2, 0) is 4.79 Å². The summed E-state index contributed by atoms with van der Waals surface area (Å²) in [5, 5.41) is 0. The fourth-order valence-electron chi connectivity index (χ4n) is 3.14. The van der Waals surface area contributed by atoms with E-state index in [1.165, 1.54) is 24.8 Å². The van der Waals surface area contributed by atoms with Crippen molar-refractivity contribution in [2.75, 3.05) is 0 Å². The molecule has 1 fully saturated rings. The molecule has 2 rings (SSSR count). The first-order valence-electron chi connectivity index (χ1n) is 6.61. The average molecular weight is 230 g/mol. The summed E-state index contributed by atoms with van der Waals surface area (Å²) in [7, 11) is 0. The number of hydrogen-bond donors (Lipinski definition) is 0. The quantitative estimate of drug-likeness (QED) is 0.712. The Balaban J connectivity index is 2.22. The Labute approximate surface area is 104 Å². The highest BCUT2D eigenvalue weighted by molar-refractivity contribution is 5.50. The molecule has 1 aromatic carbocycles. The van der Waals surface area contributed by atoms with Gasteiger partial charge in [0.15, 0.2) is 0 Å². The highest BCUT2D eigenvalue weighted by Gasteiger charge is 2.35. The van der Waals surface area contributed by atoms with E-state index >= 15 is 0 Å². The van der Waals surface area contributed by atoms with Crippen molar-refractivity contribution in [3.63, 3.8) is 0 Å². The zero-order valence-electron chi connectivity index (χ0n) is 10.9. The van der Waals surface area contributed by atoms with Gasteiger partial charge in [-0.1, -0.05) is 44.2 Å². The minimum absolute atomic E-state index is 0.417. The molecular weight excluding hydrogens is 208 g/mol. The van der Waals surface area contributed by atoms with E-state index in [9.17, 15) is 4.79 Å². The predicted molar refractivity (Wildman–Crippen MR) is 71.0 cm³/mol. The molecule has 0 amide bonds. The van der Waals surface area contributed by atoms with Crippen LogP contribution in [0.25, 0.3) is 0 Å². The molecule has 0 radical (unpaired) electrons. The summed E-state index contributed by atoms with van der Waals surface area (Å²) < 4.78 is 0. The maximum atomic E-state index is 10.8. The monoisotopic (exact) mass is 230 g/mol. The van der Waals surface area contributed by atoms with Gasteiger partial charge in [-0.05, 0) is 42.1 Å². The molecule has 0 saturated heterocycles. The smallest absolute Gasteiger partial charge is 0.120 e. The SMILES string of the molecule is CC1(C)CCC(CC=O)C(c2ccccc2)C1. The van der Waals surface area contributed by atoms with Gasteiger partial charge in [0.05, 0.1) is 0 Å². The molecule has 1 heteroatoms. The summed E-state index contributed by atoms with van der Waals surface area (Å²) >= 11 is 0. The highest BCUT2D eigenvalue weighted by Crippen LogP contribution is 2.47. The van der Waals surface area contributed by atoms with Crippen molar-refractivity contribution >= 4 is 6.29 Å². The fourth-order valence-corrected chi connectivity index (χ4v) is 3.14. The summed E-state index contributed by atoms with van der Waals surface area (Å²) in [5.74, 6) is 1.10. The molecule has 2 atom stereocenters. The number of carbonyl (C=O) groups is 1. The molecular formula is C16H22O. The average Bonchev–Trinajstić information content (AvgIpc) is 2.32. The van der Waals surface area contributed by atoms with Crippen molar-refractivity contribution in [3.8, 4) is 0 Å². The van der Waals surface area contributed by atoms with Gasteiger partial charge in [-0.25, -0.2) is 0 Å². The van der Waals surface area contributed by atoms with Gasteiger partial charge >= 0.3 is 0 Å². The van der Waals surface area contributed by atoms with E-state index in [1.54, 1.807) is 0 Å². The van der Waals surface area contributed by atoms with Gasteiger partial charge in [-0.3, -0.25) is 0 Å². The zero-order chi connectivity index (χ0) is 12.3. The first kappa shape index (κ1) is 12.3. The largest absolute Gasteiger partial charge is 0.303 e. The second-order valence-electron chi connectivity index (χ2n) is 6.09. The van der Waals surface area contributed by atoms with Crippen LogP contribution in [0.2, 0.25) is 0 Å². The van der Waals surface area contributed by atoms with Crippen molar-refractivity contribution < 1.29 is 4.79 Å². The molecule has 0 aliphatic heterocycles. The minimum Gasteiger partial charge on any atom is -0.303 e. The summed E-state index contributed by atoms with van der Waals surface area (Å²) in [4.78, 5) is 10.8. The standard InChI is InChI=1S/C16H22O/c1-16(2)10-8-14(9-11-17)15(12-16)13-6-4-3-5-7-13/h3-7,11,14-15H,8-10,12H2,1-2H3. The van der Waals surface area contributed by atoms with Crippen molar-refractivity contribution in [1.82, 2.24) is 0 Å². The normalized spacial score (nSPS) is 27.6. The third kappa shape index (κ3) is 2.96. The molecule has 92 valence electrons. The molecule has 1 saturated carbocycles. The molecule has 17 heavy (non-hydrogen) atoms. The summed E-state index contributed by atoms with van der Waals surface area (Å²) in [6.07, 6.45) is 5.45. The van der Waals surface area contributed by atoms with E-state index in [0.717, 1.165) is 12.7 Å². The van der Waals surface area contributed by atoms with Crippen LogP contribution in [-0.4, -0.2) is 6.29 Å². The first-order valence-corrected chi connectivity index (χ1v) is 6.61. The van der Waals surface area contributed by atoms with Gasteiger partial charge in [0.25, 0.3) is 0 Å². The van der Waals surface area contributed by atoms with Crippen molar-refractivity contribution in [2.24, 2.45) is 11.3 Å². The van der Waals surface area contributed by atoms with Crippen molar-refractivity contribution in [2.45, 2.75) is 45.4 Å². The van der Waals surface area contributed by atoms with Gasteiger partial charge in [0.1, 0.15) is 6.29 Å². The molecule has 0 bridgehead atoms. The molecule has 1 nitrogen and oxygen atoms in total. The van der Waals surface area contributed by atoms with Crippen LogP contribution in [0.15, 0.2) is 30.3 Å². The van der Waals surface area contributed by atoms with E-state index < -0.39 is 0 Å². The van der Waals surface area contributed by atoms with Gasteiger partial charge < -0.3 is 4.79 Å². The lowest BCUT2D eigenvalue weighted by atomic mass is 9.64. The fraction of sp³-hybridized carbons (Fsp3) is 0.562. The highest BCUT2D eigenvalue weighted by atomic mass is 16.1. The van der Waals surface area contributed by atoms with E-state index in [0.29, 0.717) is 17.3 Å². The van der Waals surface area contributed by atoms with Crippen molar-refractivity contribution in [3.05, 3.63) is 35.9 Å². The number of hydrogen-bond acceptors (Lipinski definition) is 1. The Morgan fingerprint density at radius 2 is 2.00 bits per heavy atom. The van der Waals surface area contributed by atoms with Crippen LogP contribution in [0.4, 0.5) is 0 Å². The van der Waals surface area contributed by atoms with Crippen LogP contribution in [0.1, 0.15) is 51.0 Å². The van der Waals surface area contributed by atoms with Gasteiger partial charge in [-0.15, -0.1) is 0 Å². The minimum atomic E-state index is 0.417. The molecule has 0 N–H and O–H groups in total. The molecule has 0 spiro atoms. The first-order chi connectivity index (χ1) is 8.12. The van der Waals surface area contributed by atoms with Gasteiger partial charge in [0.2, 0.25) is 0 Å². The Hall–Kier alpha value is -1.11. The second kappa shape index (κ2) is 5.03. The lowest BCUT2D eigenvalue weighted by Crippen LogP contribution is -2.28. The number of aldehydes is 1. The Morgan fingerprint density at radius 1 is 1.29 bits per heavy atom. The number of rotatable bonds is 3. The third-order valence-corrected chi connectivity index (χ3v) is 4.16. The van der Waals surface area contributed by atoms with Crippen LogP contribution in [0, 0.1) is 11.3 Å². The van der Waals surface area contributed by atoms with E-state index in [2.05, 4.69) is 44.2 Å². The van der Waals surface area contributed by atoms with Gasteiger partial charge in [-0.2, -0.15) is 0 Å². The molecule has 1 aliphatic rings. The van der Waals surface area contributed by atoms with Crippen molar-refractivity contribution in [1.29, 1.82) is 0 Å². The summed E-state index contributed by atoms with van der Waals surface area (Å²) in [6, 6.07) is 10.7. The predicted octanol–water partition coefficient (Wildman–Crippen LogP) is 4.19. The summed E-state index contributed by atoms with van der Waals surface area (Å²) in [5.41, 5.74) is 1.83. The van der Waals surface area contributed by atoms with E-state index in [-0.39, 0.29) is 0 Å². The molecule has 1 aliphatic carbocycles. The molecule has 2 unspecified atom stereocenters. The zero-order valence-corrected chi connectivity index (χ0v) is 10.9. The second-order valence-corrected chi connectivity index (χ2v) is 6.09. The third-order valence-electron chi connectivity index (χ3n) is 4.16. The van der Waals surface area contributed by atoms with E-state index in [1.807, 2.05) is 0 Å². The van der Waals surface area contributed by atoms with Crippen LogP contribution < -0.4 is 0 Å². The summed E-state index contributed by atoms with van der Waals surface area (Å²) in [6.45, 7) is 4.69. The molecule has 1 aromatic rings. The maximum Gasteiger partial charge on any atom is 0.120 e. The Kier molecular flexibility index (Phi) is 3.66. The van der Waals surface area contributed by atoms with Crippen LogP contribution >= 0.6 is 0 Å². The molecule has 0 heterocycles. The Morgan fingerprint density at radius 3 is 2.65 bits per heavy atom. The Bertz CT molecular complexity index is 366. The van der Waals surface area contributed by atoms with E-state index in [4.69, 9.17) is 0 Å². The van der Waals surface area contributed by atoms with Crippen LogP contribution in [0.3, 0.4) is 0 Å². The molecule has 0 aromatic heterocycles.